The summed E-state index contributed by atoms with van der Waals surface area (Å²) in [7, 11) is 3.18. The van der Waals surface area contributed by atoms with Gasteiger partial charge in [0.25, 0.3) is 5.91 Å². The van der Waals surface area contributed by atoms with Crippen molar-refractivity contribution in [3.05, 3.63) is 42.0 Å². The van der Waals surface area contributed by atoms with Gasteiger partial charge in [0.2, 0.25) is 0 Å². The van der Waals surface area contributed by atoms with Crippen molar-refractivity contribution < 1.29 is 14.3 Å². The maximum Gasteiger partial charge on any atom is 0.257 e. The lowest BCUT2D eigenvalue weighted by Gasteiger charge is -2.07. The lowest BCUT2D eigenvalue weighted by molar-refractivity contribution is 0.102. The normalized spacial score (nSPS) is 11.0. The molecule has 136 valence electrons. The monoisotopic (exact) mass is 388 g/mol. The van der Waals surface area contributed by atoms with Gasteiger partial charge in [-0.2, -0.15) is 0 Å². The van der Waals surface area contributed by atoms with Crippen LogP contribution in [0.4, 0.5) is 5.13 Å². The van der Waals surface area contributed by atoms with Gasteiger partial charge in [0.15, 0.2) is 16.6 Å². The Bertz CT molecular complexity index is 897. The van der Waals surface area contributed by atoms with E-state index < -0.39 is 0 Å². The van der Waals surface area contributed by atoms with Gasteiger partial charge >= 0.3 is 0 Å². The van der Waals surface area contributed by atoms with E-state index in [9.17, 15) is 4.79 Å². The molecule has 0 unspecified atom stereocenters. The topological polar surface area (TPSA) is 60.5 Å². The maximum absolute atomic E-state index is 12.6. The molecule has 0 saturated carbocycles. The number of methoxy groups -OCH3 is 2. The number of nitrogens with one attached hydrogen (secondary N) is 1. The minimum Gasteiger partial charge on any atom is -0.493 e. The number of thiazole rings is 1. The lowest BCUT2D eigenvalue weighted by atomic mass is 10.2. The highest BCUT2D eigenvalue weighted by molar-refractivity contribution is 7.99. The highest BCUT2D eigenvalue weighted by Crippen LogP contribution is 2.36. The largest absolute Gasteiger partial charge is 0.493 e. The van der Waals surface area contributed by atoms with Gasteiger partial charge in [-0.3, -0.25) is 10.1 Å². The molecule has 0 radical (unpaired) electrons. The van der Waals surface area contributed by atoms with Crippen molar-refractivity contribution in [1.82, 2.24) is 4.98 Å². The molecular formula is C19H20N2O3S2. The Morgan fingerprint density at radius 2 is 1.88 bits per heavy atom. The van der Waals surface area contributed by atoms with E-state index in [0.717, 1.165) is 15.1 Å². The van der Waals surface area contributed by atoms with Crippen LogP contribution in [0.5, 0.6) is 11.5 Å². The van der Waals surface area contributed by atoms with E-state index in [2.05, 4.69) is 24.1 Å². The minimum atomic E-state index is -0.172. The van der Waals surface area contributed by atoms with Gasteiger partial charge < -0.3 is 9.47 Å². The van der Waals surface area contributed by atoms with Crippen molar-refractivity contribution in [3.8, 4) is 11.5 Å². The van der Waals surface area contributed by atoms with Crippen LogP contribution in [0.1, 0.15) is 24.2 Å². The van der Waals surface area contributed by atoms with Crippen molar-refractivity contribution in [3.63, 3.8) is 0 Å². The highest BCUT2D eigenvalue weighted by Gasteiger charge is 2.14. The Hall–Kier alpha value is -2.25. The van der Waals surface area contributed by atoms with E-state index >= 15 is 0 Å². The van der Waals surface area contributed by atoms with Gasteiger partial charge in [-0.25, -0.2) is 4.98 Å². The van der Waals surface area contributed by atoms with Crippen molar-refractivity contribution in [2.45, 2.75) is 24.0 Å². The molecule has 3 rings (SSSR count). The lowest BCUT2D eigenvalue weighted by Crippen LogP contribution is -2.11. The molecule has 0 bridgehead atoms. The summed E-state index contributed by atoms with van der Waals surface area (Å²) in [5, 5.41) is 3.89. The first-order valence-electron chi connectivity index (χ1n) is 8.10. The van der Waals surface area contributed by atoms with Gasteiger partial charge in [-0.1, -0.05) is 31.3 Å². The van der Waals surface area contributed by atoms with Crippen LogP contribution in [0.25, 0.3) is 10.2 Å². The van der Waals surface area contributed by atoms with E-state index in [1.54, 1.807) is 38.1 Å². The number of ether oxygens (including phenoxy) is 2. The van der Waals surface area contributed by atoms with Crippen LogP contribution in [0.3, 0.4) is 0 Å². The predicted molar refractivity (Wildman–Crippen MR) is 108 cm³/mol. The zero-order chi connectivity index (χ0) is 18.7. The van der Waals surface area contributed by atoms with Crippen molar-refractivity contribution >= 4 is 44.4 Å². The maximum atomic E-state index is 12.6. The number of rotatable bonds is 6. The molecule has 0 aliphatic rings. The van der Waals surface area contributed by atoms with Gasteiger partial charge in [0.05, 0.1) is 24.4 Å². The Morgan fingerprint density at radius 1 is 1.15 bits per heavy atom. The number of hydrogen-bond donors (Lipinski definition) is 1. The smallest absolute Gasteiger partial charge is 0.257 e. The van der Waals surface area contributed by atoms with Crippen LogP contribution < -0.4 is 14.8 Å². The molecule has 1 heterocycles. The van der Waals surface area contributed by atoms with E-state index in [-0.39, 0.29) is 5.91 Å². The predicted octanol–water partition coefficient (Wildman–Crippen LogP) is 5.07. The molecule has 0 saturated heterocycles. The molecule has 5 nitrogen and oxygen atoms in total. The third-order valence-electron chi connectivity index (χ3n) is 3.58. The average Bonchev–Trinajstić information content (AvgIpc) is 3.01. The molecule has 1 amide bonds. The number of carbonyl (C=O) groups excluding carboxylic acids is 1. The molecule has 3 aromatic rings. The highest BCUT2D eigenvalue weighted by atomic mass is 32.2. The van der Waals surface area contributed by atoms with E-state index in [1.807, 2.05) is 24.3 Å². The number of carbonyl (C=O) groups is 1. The minimum absolute atomic E-state index is 0.172. The molecular weight excluding hydrogens is 368 g/mol. The van der Waals surface area contributed by atoms with E-state index in [0.29, 0.717) is 27.4 Å². The first kappa shape index (κ1) is 18.5. The molecule has 1 N–H and O–H groups in total. The second-order valence-electron chi connectivity index (χ2n) is 5.84. The second-order valence-corrected chi connectivity index (χ2v) is 8.52. The van der Waals surface area contributed by atoms with Crippen molar-refractivity contribution in [1.29, 1.82) is 0 Å². The van der Waals surface area contributed by atoms with Crippen molar-refractivity contribution in [2.75, 3.05) is 19.5 Å². The molecule has 7 heteroatoms. The van der Waals surface area contributed by atoms with Crippen LogP contribution in [-0.2, 0) is 0 Å². The average molecular weight is 389 g/mol. The Labute approximate surface area is 160 Å². The second kappa shape index (κ2) is 7.97. The number of amides is 1. The van der Waals surface area contributed by atoms with Crippen molar-refractivity contribution in [2.24, 2.45) is 0 Å². The zero-order valence-corrected chi connectivity index (χ0v) is 16.7. The van der Waals surface area contributed by atoms with Crippen LogP contribution >= 0.6 is 23.1 Å². The third-order valence-corrected chi connectivity index (χ3v) is 5.51. The molecule has 0 spiro atoms. The Morgan fingerprint density at radius 3 is 2.58 bits per heavy atom. The summed E-state index contributed by atoms with van der Waals surface area (Å²) >= 11 is 3.13. The number of nitrogens with zero attached hydrogens (tertiary/aromatic N) is 1. The molecule has 0 fully saturated rings. The van der Waals surface area contributed by atoms with Crippen LogP contribution in [-0.4, -0.2) is 30.4 Å². The Kier molecular flexibility index (Phi) is 5.68. The van der Waals surface area contributed by atoms with Crippen LogP contribution in [0.15, 0.2) is 41.3 Å². The summed E-state index contributed by atoms with van der Waals surface area (Å²) in [6.07, 6.45) is 0. The SMILES string of the molecule is COc1cc2nc(NC(=O)c3cccc(SC(C)C)c3)sc2cc1OC. The fraction of sp³-hybridized carbons (Fsp3) is 0.263. The summed E-state index contributed by atoms with van der Waals surface area (Å²) in [6, 6.07) is 11.3. The quantitative estimate of drug-likeness (QED) is 0.598. The fourth-order valence-electron chi connectivity index (χ4n) is 2.46. The standard InChI is InChI=1S/C19H20N2O3S2/c1-11(2)25-13-7-5-6-12(8-13)18(22)21-19-20-14-9-15(23-3)16(24-4)10-17(14)26-19/h5-11H,1-4H3,(H,20,21,22). The number of anilines is 1. The molecule has 0 aliphatic carbocycles. The number of aromatic nitrogens is 1. The number of benzene rings is 2. The fourth-order valence-corrected chi connectivity index (χ4v) is 4.23. The zero-order valence-electron chi connectivity index (χ0n) is 15.0. The molecule has 1 aromatic heterocycles. The number of hydrogen-bond acceptors (Lipinski definition) is 6. The van der Waals surface area contributed by atoms with Gasteiger partial charge in [0, 0.05) is 27.8 Å². The summed E-state index contributed by atoms with van der Waals surface area (Å²) in [5.74, 6) is 1.08. The molecule has 0 aliphatic heterocycles. The third kappa shape index (κ3) is 4.11. The van der Waals surface area contributed by atoms with Crippen LogP contribution in [0, 0.1) is 0 Å². The summed E-state index contributed by atoms with van der Waals surface area (Å²) in [4.78, 5) is 18.1. The van der Waals surface area contributed by atoms with E-state index in [4.69, 9.17) is 9.47 Å². The van der Waals surface area contributed by atoms with Gasteiger partial charge in [0.1, 0.15) is 0 Å². The summed E-state index contributed by atoms with van der Waals surface area (Å²) in [6.45, 7) is 4.25. The molecule has 2 aromatic carbocycles. The summed E-state index contributed by atoms with van der Waals surface area (Å²) in [5.41, 5.74) is 1.37. The number of thioether (sulfide) groups is 1. The molecule has 0 atom stereocenters. The van der Waals surface area contributed by atoms with Gasteiger partial charge in [-0.05, 0) is 18.2 Å². The number of fused-ring (bicyclic) bond motifs is 1. The van der Waals surface area contributed by atoms with E-state index in [1.165, 1.54) is 11.3 Å². The first-order valence-corrected chi connectivity index (χ1v) is 9.80. The van der Waals surface area contributed by atoms with Crippen LogP contribution in [0.2, 0.25) is 0 Å². The first-order chi connectivity index (χ1) is 12.5. The Balaban J connectivity index is 1.83. The van der Waals surface area contributed by atoms with Gasteiger partial charge in [-0.15, -0.1) is 11.8 Å². The molecule has 26 heavy (non-hydrogen) atoms. The summed E-state index contributed by atoms with van der Waals surface area (Å²) < 4.78 is 11.5.